The lowest BCUT2D eigenvalue weighted by molar-refractivity contribution is 0.241. The molecule has 0 spiro atoms. The van der Waals surface area contributed by atoms with E-state index in [-0.39, 0.29) is 5.82 Å². The van der Waals surface area contributed by atoms with E-state index in [4.69, 9.17) is 5.84 Å². The van der Waals surface area contributed by atoms with Crippen molar-refractivity contribution >= 4 is 6.03 Å². The molecule has 0 saturated heterocycles. The number of hydrogen-bond donors (Lipinski definition) is 3. The maximum Gasteiger partial charge on any atom is 0.328 e. The smallest absolute Gasteiger partial charge is 0.328 e. The molecule has 82 valence electrons. The Bertz CT molecular complexity index is 355. The van der Waals surface area contributed by atoms with Crippen molar-refractivity contribution in [2.45, 2.75) is 13.3 Å². The molecule has 4 nitrogen and oxygen atoms in total. The predicted molar refractivity (Wildman–Crippen MR) is 55.6 cm³/mol. The summed E-state index contributed by atoms with van der Waals surface area (Å²) in [5.41, 5.74) is 3.55. The molecular weight excluding hydrogens is 197 g/mol. The monoisotopic (exact) mass is 211 g/mol. The molecule has 0 atom stereocenters. The summed E-state index contributed by atoms with van der Waals surface area (Å²) in [6.07, 6.45) is 0.647. The second-order valence-electron chi connectivity index (χ2n) is 3.23. The lowest BCUT2D eigenvalue weighted by atomic mass is 10.1. The highest BCUT2D eigenvalue weighted by Crippen LogP contribution is 2.09. The molecule has 0 fully saturated rings. The van der Waals surface area contributed by atoms with Gasteiger partial charge in [-0.1, -0.05) is 12.1 Å². The Labute approximate surface area is 87.6 Å². The summed E-state index contributed by atoms with van der Waals surface area (Å²) in [6, 6.07) is 4.46. The van der Waals surface area contributed by atoms with Crippen molar-refractivity contribution in [3.63, 3.8) is 0 Å². The van der Waals surface area contributed by atoms with Crippen LogP contribution >= 0.6 is 0 Å². The van der Waals surface area contributed by atoms with E-state index in [1.54, 1.807) is 19.1 Å². The number of urea groups is 1. The van der Waals surface area contributed by atoms with Gasteiger partial charge >= 0.3 is 6.03 Å². The molecule has 1 rings (SSSR count). The minimum Gasteiger partial charge on any atom is -0.337 e. The number of hydrogen-bond acceptors (Lipinski definition) is 2. The topological polar surface area (TPSA) is 67.2 Å². The molecule has 1 aromatic carbocycles. The van der Waals surface area contributed by atoms with Gasteiger partial charge in [-0.05, 0) is 30.5 Å². The van der Waals surface area contributed by atoms with Gasteiger partial charge in [-0.25, -0.2) is 15.0 Å². The molecule has 4 N–H and O–H groups in total. The highest BCUT2D eigenvalue weighted by atomic mass is 19.1. The first-order valence-corrected chi connectivity index (χ1v) is 4.63. The van der Waals surface area contributed by atoms with E-state index in [1.807, 2.05) is 5.43 Å². The lowest BCUT2D eigenvalue weighted by Gasteiger charge is -2.05. The van der Waals surface area contributed by atoms with Crippen molar-refractivity contribution in [3.8, 4) is 0 Å². The van der Waals surface area contributed by atoms with E-state index < -0.39 is 6.03 Å². The molecule has 1 aromatic rings. The highest BCUT2D eigenvalue weighted by molar-refractivity contribution is 5.72. The van der Waals surface area contributed by atoms with Crippen molar-refractivity contribution in [1.29, 1.82) is 0 Å². The normalized spacial score (nSPS) is 9.80. The van der Waals surface area contributed by atoms with Gasteiger partial charge in [0.15, 0.2) is 0 Å². The second-order valence-corrected chi connectivity index (χ2v) is 3.23. The van der Waals surface area contributed by atoms with Crippen molar-refractivity contribution in [2.24, 2.45) is 5.84 Å². The number of nitrogens with one attached hydrogen (secondary N) is 2. The maximum absolute atomic E-state index is 12.9. The van der Waals surface area contributed by atoms with Crippen LogP contribution in [0, 0.1) is 12.7 Å². The largest absolute Gasteiger partial charge is 0.337 e. The number of nitrogens with two attached hydrogens (primary N) is 1. The number of halogens is 1. The third-order valence-electron chi connectivity index (χ3n) is 2.05. The standard InChI is InChI=1S/C10H14FN3O/c1-7-6-8(2-3-9(7)11)4-5-13-10(15)14-12/h2-3,6H,4-5,12H2,1H3,(H2,13,14,15). The number of rotatable bonds is 3. The number of carbonyl (C=O) groups excluding carboxylic acids is 1. The molecule has 15 heavy (non-hydrogen) atoms. The summed E-state index contributed by atoms with van der Waals surface area (Å²) >= 11 is 0. The van der Waals surface area contributed by atoms with Crippen LogP contribution in [-0.4, -0.2) is 12.6 Å². The van der Waals surface area contributed by atoms with Crippen LogP contribution in [0.5, 0.6) is 0 Å². The van der Waals surface area contributed by atoms with Gasteiger partial charge in [0, 0.05) is 6.54 Å². The number of benzene rings is 1. The summed E-state index contributed by atoms with van der Waals surface area (Å²) in [5, 5.41) is 2.55. The summed E-state index contributed by atoms with van der Waals surface area (Å²) in [7, 11) is 0. The summed E-state index contributed by atoms with van der Waals surface area (Å²) in [5.74, 6) is 4.67. The highest BCUT2D eigenvalue weighted by Gasteiger charge is 2.00. The van der Waals surface area contributed by atoms with Crippen molar-refractivity contribution in [1.82, 2.24) is 10.7 Å². The Kier molecular flexibility index (Phi) is 4.05. The third-order valence-corrected chi connectivity index (χ3v) is 2.05. The van der Waals surface area contributed by atoms with Crippen LogP contribution in [0.25, 0.3) is 0 Å². The second kappa shape index (κ2) is 5.31. The molecule has 0 aliphatic rings. The van der Waals surface area contributed by atoms with Gasteiger partial charge in [0.05, 0.1) is 0 Å². The first-order chi connectivity index (χ1) is 7.13. The number of carbonyl (C=O) groups is 1. The Morgan fingerprint density at radius 3 is 2.87 bits per heavy atom. The molecule has 0 radical (unpaired) electrons. The fraction of sp³-hybridized carbons (Fsp3) is 0.300. The van der Waals surface area contributed by atoms with Gasteiger partial charge in [-0.3, -0.25) is 5.43 Å². The zero-order valence-corrected chi connectivity index (χ0v) is 8.51. The van der Waals surface area contributed by atoms with Gasteiger partial charge in [-0.15, -0.1) is 0 Å². The average molecular weight is 211 g/mol. The SMILES string of the molecule is Cc1cc(CCNC(=O)NN)ccc1F. The van der Waals surface area contributed by atoms with Gasteiger partial charge in [0.1, 0.15) is 5.82 Å². The molecule has 0 heterocycles. The zero-order chi connectivity index (χ0) is 11.3. The van der Waals surface area contributed by atoms with Gasteiger partial charge < -0.3 is 5.32 Å². The molecule has 0 unspecified atom stereocenters. The molecule has 0 aromatic heterocycles. The molecule has 0 aliphatic carbocycles. The number of aryl methyl sites for hydroxylation is 1. The van der Waals surface area contributed by atoms with Crippen LogP contribution in [-0.2, 0) is 6.42 Å². The lowest BCUT2D eigenvalue weighted by Crippen LogP contribution is -2.40. The molecule has 0 saturated carbocycles. The minimum absolute atomic E-state index is 0.216. The first-order valence-electron chi connectivity index (χ1n) is 4.63. The Morgan fingerprint density at radius 1 is 1.53 bits per heavy atom. The van der Waals surface area contributed by atoms with Crippen LogP contribution in [0.2, 0.25) is 0 Å². The van der Waals surface area contributed by atoms with E-state index in [2.05, 4.69) is 5.32 Å². The van der Waals surface area contributed by atoms with E-state index in [0.717, 1.165) is 5.56 Å². The number of amides is 2. The van der Waals surface area contributed by atoms with Crippen LogP contribution in [0.3, 0.4) is 0 Å². The van der Waals surface area contributed by atoms with Crippen LogP contribution < -0.4 is 16.6 Å². The van der Waals surface area contributed by atoms with Crippen LogP contribution in [0.4, 0.5) is 9.18 Å². The quantitative estimate of drug-likeness (QED) is 0.394. The van der Waals surface area contributed by atoms with E-state index >= 15 is 0 Å². The van der Waals surface area contributed by atoms with Crippen molar-refractivity contribution in [3.05, 3.63) is 35.1 Å². The molecular formula is C10H14FN3O. The van der Waals surface area contributed by atoms with Crippen LogP contribution in [0.15, 0.2) is 18.2 Å². The summed E-state index contributed by atoms with van der Waals surface area (Å²) in [6.45, 7) is 2.17. The predicted octanol–water partition coefficient (Wildman–Crippen LogP) is 0.850. The first kappa shape index (κ1) is 11.5. The summed E-state index contributed by atoms with van der Waals surface area (Å²) < 4.78 is 12.9. The van der Waals surface area contributed by atoms with Crippen molar-refractivity contribution in [2.75, 3.05) is 6.54 Å². The van der Waals surface area contributed by atoms with Crippen molar-refractivity contribution < 1.29 is 9.18 Å². The van der Waals surface area contributed by atoms with Gasteiger partial charge in [0.2, 0.25) is 0 Å². The molecule has 5 heteroatoms. The molecule has 0 bridgehead atoms. The summed E-state index contributed by atoms with van der Waals surface area (Å²) in [4.78, 5) is 10.7. The van der Waals surface area contributed by atoms with E-state index in [9.17, 15) is 9.18 Å². The fourth-order valence-corrected chi connectivity index (χ4v) is 1.23. The average Bonchev–Trinajstić information content (AvgIpc) is 2.23. The van der Waals surface area contributed by atoms with E-state index in [0.29, 0.717) is 18.5 Å². The number of hydrazine groups is 1. The third kappa shape index (κ3) is 3.55. The maximum atomic E-state index is 12.9. The molecule has 2 amide bonds. The van der Waals surface area contributed by atoms with E-state index in [1.165, 1.54) is 6.07 Å². The Morgan fingerprint density at radius 2 is 2.27 bits per heavy atom. The van der Waals surface area contributed by atoms with Gasteiger partial charge in [-0.2, -0.15) is 0 Å². The minimum atomic E-state index is -0.422. The van der Waals surface area contributed by atoms with Crippen LogP contribution in [0.1, 0.15) is 11.1 Å². The van der Waals surface area contributed by atoms with Gasteiger partial charge in [0.25, 0.3) is 0 Å². The Hall–Kier alpha value is -1.62. The fourth-order valence-electron chi connectivity index (χ4n) is 1.23. The zero-order valence-electron chi connectivity index (χ0n) is 8.51. The Balaban J connectivity index is 2.44. The molecule has 0 aliphatic heterocycles.